The third kappa shape index (κ3) is 185. The third-order valence-electron chi connectivity index (χ3n) is 0.891. The average molecular weight is 259 g/mol. The van der Waals surface area contributed by atoms with E-state index in [1.54, 1.807) is 0 Å². The lowest BCUT2D eigenvalue weighted by Gasteiger charge is -2.00. The first-order valence-corrected chi connectivity index (χ1v) is 5.96. The molecular formula is C6H22N5O4P. The van der Waals surface area contributed by atoms with Gasteiger partial charge in [-0.25, -0.2) is 4.57 Å². The van der Waals surface area contributed by atoms with Crippen molar-refractivity contribution in [1.82, 2.24) is 0 Å². The maximum absolute atomic E-state index is 8.88. The maximum Gasteiger partial charge on any atom is 0.466 e. The molecule has 0 bridgehead atoms. The first-order valence-electron chi connectivity index (χ1n) is 4.39. The second kappa shape index (κ2) is 12.4. The minimum atomic E-state index is -4.64. The predicted octanol–water partition coefficient (Wildman–Crippen LogP) is -1.67. The molecule has 0 saturated heterocycles. The molecule has 0 saturated carbocycles. The van der Waals surface area contributed by atoms with Crippen LogP contribution in [0.15, 0.2) is 0 Å². The molecule has 0 rings (SSSR count). The van der Waals surface area contributed by atoms with Crippen LogP contribution in [0.2, 0.25) is 0 Å². The highest BCUT2D eigenvalue weighted by atomic mass is 31.2. The summed E-state index contributed by atoms with van der Waals surface area (Å²) in [6.45, 7) is 2.13. The Balaban J connectivity index is -0.000000166. The summed E-state index contributed by atoms with van der Waals surface area (Å²) in [5.74, 6) is -0.333. The van der Waals surface area contributed by atoms with Crippen LogP contribution < -0.4 is 22.9 Å². The molecule has 0 aromatic rings. The molecule has 0 aromatic heterocycles. The zero-order chi connectivity index (χ0) is 13.8. The van der Waals surface area contributed by atoms with Crippen LogP contribution in [0.5, 0.6) is 0 Å². The number of nitrogens with one attached hydrogen (secondary N) is 1. The van der Waals surface area contributed by atoms with E-state index in [1.807, 2.05) is 0 Å². The van der Waals surface area contributed by atoms with Gasteiger partial charge in [-0.05, 0) is 6.42 Å². The van der Waals surface area contributed by atoms with Crippen LogP contribution in [0.1, 0.15) is 26.2 Å². The lowest BCUT2D eigenvalue weighted by atomic mass is 10.2. The zero-order valence-electron chi connectivity index (χ0n) is 9.21. The minimum absolute atomic E-state index is 0.0973. The molecule has 100 valence electrons. The van der Waals surface area contributed by atoms with E-state index >= 15 is 0 Å². The summed E-state index contributed by atoms with van der Waals surface area (Å²) in [6.07, 6.45) is 3.19. The lowest BCUT2D eigenvalue weighted by Crippen LogP contribution is -2.29. The Morgan fingerprint density at radius 2 is 1.56 bits per heavy atom. The van der Waals surface area contributed by atoms with Gasteiger partial charge in [-0.15, -0.1) is 0 Å². The number of unbranched alkanes of at least 4 members (excludes halogenated alkanes) is 1. The second-order valence-corrected chi connectivity index (χ2v) is 3.80. The summed E-state index contributed by atoms with van der Waals surface area (Å²) in [6, 6.07) is 0. The van der Waals surface area contributed by atoms with Gasteiger partial charge in [0.2, 0.25) is 0 Å². The van der Waals surface area contributed by atoms with Crippen molar-refractivity contribution in [3.63, 3.8) is 0 Å². The van der Waals surface area contributed by atoms with Crippen LogP contribution in [0.25, 0.3) is 0 Å². The molecule has 0 spiro atoms. The molecule has 16 heavy (non-hydrogen) atoms. The van der Waals surface area contributed by atoms with E-state index in [2.05, 4.69) is 18.4 Å². The van der Waals surface area contributed by atoms with Crippen molar-refractivity contribution < 1.29 is 19.2 Å². The maximum atomic E-state index is 8.88. The van der Waals surface area contributed by atoms with Crippen molar-refractivity contribution in [1.29, 1.82) is 5.41 Å². The van der Waals surface area contributed by atoms with E-state index in [4.69, 9.17) is 36.1 Å². The van der Waals surface area contributed by atoms with Gasteiger partial charge in [0.1, 0.15) is 0 Å². The van der Waals surface area contributed by atoms with E-state index in [9.17, 15) is 0 Å². The summed E-state index contributed by atoms with van der Waals surface area (Å²) >= 11 is 0. The topological polar surface area (TPSA) is 206 Å². The Morgan fingerprint density at radius 1 is 1.31 bits per heavy atom. The Kier molecular flexibility index (Phi) is 16.0. The first kappa shape index (κ1) is 20.7. The Hall–Kier alpha value is -0.700. The fourth-order valence-corrected chi connectivity index (χ4v) is 0.440. The van der Waals surface area contributed by atoms with E-state index in [0.29, 0.717) is 0 Å². The van der Waals surface area contributed by atoms with E-state index < -0.39 is 7.82 Å². The van der Waals surface area contributed by atoms with Crippen LogP contribution in [-0.2, 0) is 4.57 Å². The number of phosphoric acid groups is 1. The van der Waals surface area contributed by atoms with Crippen LogP contribution in [0, 0.1) is 5.41 Å². The Bertz CT molecular complexity index is 195. The van der Waals surface area contributed by atoms with E-state index in [0.717, 1.165) is 12.8 Å². The molecule has 0 aliphatic heterocycles. The van der Waals surface area contributed by atoms with Gasteiger partial charge >= 0.3 is 7.82 Å². The quantitative estimate of drug-likeness (QED) is 0.127. The van der Waals surface area contributed by atoms with E-state index in [-0.39, 0.29) is 12.1 Å². The fourth-order valence-electron chi connectivity index (χ4n) is 0.440. The van der Waals surface area contributed by atoms with Crippen molar-refractivity contribution in [2.45, 2.75) is 32.4 Å². The smallest absolute Gasteiger partial charge is 0.370 e. The second-order valence-electron chi connectivity index (χ2n) is 2.77. The van der Waals surface area contributed by atoms with Gasteiger partial charge in [0.05, 0.1) is 6.17 Å². The van der Waals surface area contributed by atoms with Crippen LogP contribution in [0.4, 0.5) is 0 Å². The van der Waals surface area contributed by atoms with Crippen molar-refractivity contribution in [3.8, 4) is 0 Å². The van der Waals surface area contributed by atoms with Gasteiger partial charge in [0.15, 0.2) is 5.96 Å². The standard InChI is InChI=1S/C5H14N2.CH5N3.H3O4P/c1-2-3-4-5(6)7;2-1(3)4;1-5(2,3)4/h5H,2-4,6-7H2,1H3;(H5,2,3,4);(H3,1,2,3,4). The van der Waals surface area contributed by atoms with Gasteiger partial charge in [-0.3, -0.25) is 5.41 Å². The molecule has 0 amide bonds. The molecule has 0 aliphatic rings. The van der Waals surface area contributed by atoms with Crippen molar-refractivity contribution >= 4 is 13.8 Å². The summed E-state index contributed by atoms with van der Waals surface area (Å²) in [4.78, 5) is 21.6. The lowest BCUT2D eigenvalue weighted by molar-refractivity contribution is 0.275. The fraction of sp³-hybridized carbons (Fsp3) is 0.833. The Labute approximate surface area is 94.6 Å². The van der Waals surface area contributed by atoms with Gasteiger partial charge in [-0.2, -0.15) is 0 Å². The highest BCUT2D eigenvalue weighted by Crippen LogP contribution is 2.25. The van der Waals surface area contributed by atoms with Gasteiger partial charge in [-0.1, -0.05) is 19.8 Å². The average Bonchev–Trinajstić information content (AvgIpc) is 1.96. The molecule has 0 heterocycles. The van der Waals surface area contributed by atoms with E-state index in [1.165, 1.54) is 6.42 Å². The van der Waals surface area contributed by atoms with Crippen molar-refractivity contribution in [2.24, 2.45) is 22.9 Å². The number of hydrogen-bond acceptors (Lipinski definition) is 4. The molecule has 0 fully saturated rings. The van der Waals surface area contributed by atoms with Gasteiger partial charge in [0, 0.05) is 0 Å². The molecule has 12 N–H and O–H groups in total. The summed E-state index contributed by atoms with van der Waals surface area (Å²) in [5.41, 5.74) is 19.5. The monoisotopic (exact) mass is 259 g/mol. The van der Waals surface area contributed by atoms with Crippen LogP contribution >= 0.6 is 7.82 Å². The molecule has 0 aliphatic carbocycles. The number of rotatable bonds is 3. The van der Waals surface area contributed by atoms with Crippen molar-refractivity contribution in [2.75, 3.05) is 0 Å². The third-order valence-corrected chi connectivity index (χ3v) is 0.891. The minimum Gasteiger partial charge on any atom is -0.370 e. The molecule has 0 aromatic carbocycles. The molecule has 0 unspecified atom stereocenters. The van der Waals surface area contributed by atoms with Crippen molar-refractivity contribution in [3.05, 3.63) is 0 Å². The largest absolute Gasteiger partial charge is 0.466 e. The molecule has 0 atom stereocenters. The zero-order valence-corrected chi connectivity index (χ0v) is 10.1. The number of hydrogen-bond donors (Lipinski definition) is 8. The summed E-state index contributed by atoms with van der Waals surface area (Å²) in [7, 11) is -4.64. The number of nitrogens with two attached hydrogens (primary N) is 4. The highest BCUT2D eigenvalue weighted by molar-refractivity contribution is 7.45. The Morgan fingerprint density at radius 3 is 1.62 bits per heavy atom. The van der Waals surface area contributed by atoms with Crippen LogP contribution in [-0.4, -0.2) is 26.8 Å². The molecular weight excluding hydrogens is 237 g/mol. The highest BCUT2D eigenvalue weighted by Gasteiger charge is 2.00. The molecule has 9 nitrogen and oxygen atoms in total. The summed E-state index contributed by atoms with van der Waals surface area (Å²) in [5, 5.41) is 6.06. The first-order chi connectivity index (χ1) is 7.00. The van der Waals surface area contributed by atoms with Gasteiger partial charge < -0.3 is 37.6 Å². The predicted molar refractivity (Wildman–Crippen MR) is 62.1 cm³/mol. The number of guanidine groups is 1. The SMILES string of the molecule is CCCCC(N)N.N=C(N)N.O=P(O)(O)O. The molecule has 10 heteroatoms. The normalized spacial score (nSPS) is 9.69. The summed E-state index contributed by atoms with van der Waals surface area (Å²) < 4.78 is 8.88. The van der Waals surface area contributed by atoms with Gasteiger partial charge in [0.25, 0.3) is 0 Å². The van der Waals surface area contributed by atoms with Crippen LogP contribution in [0.3, 0.4) is 0 Å². The molecule has 0 radical (unpaired) electrons.